The van der Waals surface area contributed by atoms with E-state index in [9.17, 15) is 4.79 Å². The maximum Gasteiger partial charge on any atom is 0.254 e. The molecule has 0 aliphatic rings. The number of furan rings is 1. The number of aliphatic hydroxyl groups excluding tert-OH is 1. The average molecular weight is 211 g/mol. The topological polar surface area (TPSA) is 62.5 Å². The van der Waals surface area contributed by atoms with E-state index in [4.69, 9.17) is 9.52 Å². The van der Waals surface area contributed by atoms with Gasteiger partial charge in [-0.1, -0.05) is 13.8 Å². The van der Waals surface area contributed by atoms with Crippen LogP contribution in [0.2, 0.25) is 0 Å². The Morgan fingerprint density at radius 1 is 1.60 bits per heavy atom. The Morgan fingerprint density at radius 3 is 2.73 bits per heavy atom. The van der Waals surface area contributed by atoms with E-state index in [1.54, 1.807) is 13.0 Å². The summed E-state index contributed by atoms with van der Waals surface area (Å²) in [4.78, 5) is 11.6. The minimum atomic E-state index is -0.298. The Balaban J connectivity index is 2.55. The van der Waals surface area contributed by atoms with Crippen LogP contribution in [0.25, 0.3) is 0 Å². The molecule has 0 atom stereocenters. The molecule has 2 N–H and O–H groups in total. The van der Waals surface area contributed by atoms with Crippen LogP contribution < -0.4 is 5.32 Å². The average Bonchev–Trinajstić information content (AvgIpc) is 2.61. The normalized spacial score (nSPS) is 11.5. The van der Waals surface area contributed by atoms with Crippen LogP contribution >= 0.6 is 0 Å². The maximum absolute atomic E-state index is 11.6. The molecule has 4 nitrogen and oxygen atoms in total. The highest BCUT2D eigenvalue weighted by Crippen LogP contribution is 2.13. The van der Waals surface area contributed by atoms with Crippen LogP contribution in [0, 0.1) is 12.3 Å². The first-order chi connectivity index (χ1) is 6.96. The molecule has 0 bridgehead atoms. The molecule has 0 spiro atoms. The zero-order valence-corrected chi connectivity index (χ0v) is 9.33. The van der Waals surface area contributed by atoms with Gasteiger partial charge in [0.25, 0.3) is 5.91 Å². The fourth-order valence-electron chi connectivity index (χ4n) is 1.09. The number of amides is 1. The van der Waals surface area contributed by atoms with E-state index in [0.29, 0.717) is 17.9 Å². The van der Waals surface area contributed by atoms with Gasteiger partial charge in [-0.15, -0.1) is 0 Å². The van der Waals surface area contributed by atoms with Crippen molar-refractivity contribution in [1.29, 1.82) is 0 Å². The summed E-state index contributed by atoms with van der Waals surface area (Å²) < 4.78 is 5.03. The molecular formula is C11H17NO3. The number of nitrogens with one attached hydrogen (secondary N) is 1. The van der Waals surface area contributed by atoms with Gasteiger partial charge < -0.3 is 14.8 Å². The summed E-state index contributed by atoms with van der Waals surface area (Å²) in [7, 11) is 0. The lowest BCUT2D eigenvalue weighted by atomic mass is 9.95. The Kier molecular flexibility index (Phi) is 3.52. The first-order valence-electron chi connectivity index (χ1n) is 4.89. The first-order valence-corrected chi connectivity index (χ1v) is 4.89. The summed E-state index contributed by atoms with van der Waals surface area (Å²) in [5, 5.41) is 11.8. The van der Waals surface area contributed by atoms with Gasteiger partial charge in [0.05, 0.1) is 11.8 Å². The summed E-state index contributed by atoms with van der Waals surface area (Å²) >= 11 is 0. The highest BCUT2D eigenvalue weighted by Gasteiger charge is 2.19. The lowest BCUT2D eigenvalue weighted by Crippen LogP contribution is -2.36. The van der Waals surface area contributed by atoms with E-state index < -0.39 is 0 Å². The van der Waals surface area contributed by atoms with Crippen LogP contribution in [0.3, 0.4) is 0 Å². The molecule has 84 valence electrons. The second-order valence-electron chi connectivity index (χ2n) is 4.40. The van der Waals surface area contributed by atoms with Gasteiger partial charge in [0.1, 0.15) is 5.76 Å². The van der Waals surface area contributed by atoms with Crippen LogP contribution in [-0.4, -0.2) is 24.2 Å². The fraction of sp³-hybridized carbons (Fsp3) is 0.545. The van der Waals surface area contributed by atoms with E-state index >= 15 is 0 Å². The number of carbonyl (C=O) groups is 1. The SMILES string of the molecule is Cc1occc1C(=O)NCC(C)(C)CO. The second-order valence-corrected chi connectivity index (χ2v) is 4.40. The molecule has 1 amide bonds. The molecule has 4 heteroatoms. The molecule has 0 aliphatic heterocycles. The summed E-state index contributed by atoms with van der Waals surface area (Å²) in [5.41, 5.74) is 0.247. The number of carbonyl (C=O) groups excluding carboxylic acids is 1. The van der Waals surface area contributed by atoms with Crippen molar-refractivity contribution in [2.24, 2.45) is 5.41 Å². The van der Waals surface area contributed by atoms with Gasteiger partial charge in [0.15, 0.2) is 0 Å². The second kappa shape index (κ2) is 4.49. The maximum atomic E-state index is 11.6. The smallest absolute Gasteiger partial charge is 0.254 e. The number of rotatable bonds is 4. The van der Waals surface area contributed by atoms with Gasteiger partial charge in [-0.3, -0.25) is 4.79 Å². The standard InChI is InChI=1S/C11H17NO3/c1-8-9(4-5-15-8)10(14)12-6-11(2,3)7-13/h4-5,13H,6-7H2,1-3H3,(H,12,14). The number of hydrogen-bond acceptors (Lipinski definition) is 3. The third-order valence-electron chi connectivity index (χ3n) is 2.26. The van der Waals surface area contributed by atoms with E-state index in [0.717, 1.165) is 0 Å². The van der Waals surface area contributed by atoms with Crippen LogP contribution in [0.4, 0.5) is 0 Å². The van der Waals surface area contributed by atoms with Gasteiger partial charge in [-0.2, -0.15) is 0 Å². The highest BCUT2D eigenvalue weighted by atomic mass is 16.3. The predicted octanol–water partition coefficient (Wildman–Crippen LogP) is 1.34. The Bertz CT molecular complexity index is 341. The molecule has 0 radical (unpaired) electrons. The molecule has 1 aromatic heterocycles. The number of aliphatic hydroxyl groups is 1. The quantitative estimate of drug-likeness (QED) is 0.790. The lowest BCUT2D eigenvalue weighted by Gasteiger charge is -2.21. The molecule has 0 unspecified atom stereocenters. The molecule has 0 saturated carbocycles. The highest BCUT2D eigenvalue weighted by molar-refractivity contribution is 5.95. The van der Waals surface area contributed by atoms with Crippen LogP contribution in [-0.2, 0) is 0 Å². The van der Waals surface area contributed by atoms with Crippen LogP contribution in [0.5, 0.6) is 0 Å². The van der Waals surface area contributed by atoms with Gasteiger partial charge in [0, 0.05) is 18.6 Å². The monoisotopic (exact) mass is 211 g/mol. The van der Waals surface area contributed by atoms with Crippen molar-refractivity contribution in [1.82, 2.24) is 5.32 Å². The van der Waals surface area contributed by atoms with E-state index in [2.05, 4.69) is 5.32 Å². The predicted molar refractivity (Wildman–Crippen MR) is 56.6 cm³/mol. The molecule has 0 aliphatic carbocycles. The zero-order chi connectivity index (χ0) is 11.5. The summed E-state index contributed by atoms with van der Waals surface area (Å²) in [6.45, 7) is 5.99. The van der Waals surface area contributed by atoms with Crippen molar-refractivity contribution in [3.63, 3.8) is 0 Å². The van der Waals surface area contributed by atoms with Crippen LogP contribution in [0.1, 0.15) is 30.0 Å². The van der Waals surface area contributed by atoms with Gasteiger partial charge in [-0.05, 0) is 13.0 Å². The minimum Gasteiger partial charge on any atom is -0.469 e. The summed E-state index contributed by atoms with van der Waals surface area (Å²) in [6.07, 6.45) is 1.49. The van der Waals surface area contributed by atoms with Crippen molar-refractivity contribution in [3.05, 3.63) is 23.7 Å². The largest absolute Gasteiger partial charge is 0.469 e. The molecule has 0 aromatic carbocycles. The van der Waals surface area contributed by atoms with Crippen LogP contribution in [0.15, 0.2) is 16.7 Å². The van der Waals surface area contributed by atoms with Gasteiger partial charge >= 0.3 is 0 Å². The number of aryl methyl sites for hydroxylation is 1. The van der Waals surface area contributed by atoms with E-state index in [-0.39, 0.29) is 17.9 Å². The third kappa shape index (κ3) is 3.09. The Morgan fingerprint density at radius 2 is 2.27 bits per heavy atom. The van der Waals surface area contributed by atoms with Crippen molar-refractivity contribution in [3.8, 4) is 0 Å². The first kappa shape index (κ1) is 11.8. The Hall–Kier alpha value is -1.29. The van der Waals surface area contributed by atoms with E-state index in [1.165, 1.54) is 6.26 Å². The van der Waals surface area contributed by atoms with Crippen molar-refractivity contribution in [2.45, 2.75) is 20.8 Å². The molecule has 15 heavy (non-hydrogen) atoms. The zero-order valence-electron chi connectivity index (χ0n) is 9.33. The summed E-state index contributed by atoms with van der Waals surface area (Å²) in [6, 6.07) is 1.64. The molecule has 1 aromatic rings. The molecule has 0 fully saturated rings. The lowest BCUT2D eigenvalue weighted by molar-refractivity contribution is 0.0909. The Labute approximate surface area is 89.3 Å². The van der Waals surface area contributed by atoms with Gasteiger partial charge in [0.2, 0.25) is 0 Å². The van der Waals surface area contributed by atoms with Crippen molar-refractivity contribution in [2.75, 3.05) is 13.2 Å². The molecular weight excluding hydrogens is 194 g/mol. The molecule has 1 heterocycles. The minimum absolute atomic E-state index is 0.0393. The molecule has 0 saturated heterocycles. The van der Waals surface area contributed by atoms with Gasteiger partial charge in [-0.25, -0.2) is 0 Å². The van der Waals surface area contributed by atoms with Crippen molar-refractivity contribution >= 4 is 5.91 Å². The van der Waals surface area contributed by atoms with Crippen molar-refractivity contribution < 1.29 is 14.3 Å². The number of hydrogen-bond donors (Lipinski definition) is 2. The fourth-order valence-corrected chi connectivity index (χ4v) is 1.09. The molecule has 1 rings (SSSR count). The summed E-state index contributed by atoms with van der Waals surface area (Å²) in [5.74, 6) is 0.442. The third-order valence-corrected chi connectivity index (χ3v) is 2.26. The van der Waals surface area contributed by atoms with E-state index in [1.807, 2.05) is 13.8 Å².